The summed E-state index contributed by atoms with van der Waals surface area (Å²) >= 11 is 1.67. The van der Waals surface area contributed by atoms with E-state index >= 15 is 4.39 Å². The Morgan fingerprint density at radius 1 is 1.06 bits per heavy atom. The Kier molecular flexibility index (Phi) is 4.43. The second-order valence-corrected chi connectivity index (χ2v) is 11.1. The molecule has 3 aliphatic carbocycles. The number of halogens is 1. The normalized spacial score (nSPS) is 26.5. The van der Waals surface area contributed by atoms with Crippen LogP contribution >= 0.6 is 11.8 Å². The number of fused-ring (bicyclic) bond motifs is 4. The third-order valence-electron chi connectivity index (χ3n) is 8.30. The number of carbonyl (C=O) groups is 1. The van der Waals surface area contributed by atoms with Crippen molar-refractivity contribution < 1.29 is 14.3 Å². The number of hydrogen-bond acceptors (Lipinski definition) is 5. The average Bonchev–Trinajstić information content (AvgIpc) is 3.40. The first kappa shape index (κ1) is 21.1. The quantitative estimate of drug-likeness (QED) is 0.579. The molecule has 35 heavy (non-hydrogen) atoms. The highest BCUT2D eigenvalue weighted by atomic mass is 32.2. The largest absolute Gasteiger partial charge is 0.502 e. The fraction of sp³-hybridized carbons (Fsp3) is 0.333. The predicted molar refractivity (Wildman–Crippen MR) is 131 cm³/mol. The summed E-state index contributed by atoms with van der Waals surface area (Å²) in [7, 11) is 0. The van der Waals surface area contributed by atoms with Crippen molar-refractivity contribution in [1.29, 1.82) is 0 Å². The molecule has 0 radical (unpaired) electrons. The Bertz CT molecular complexity index is 1440. The highest BCUT2D eigenvalue weighted by Gasteiger charge is 2.57. The van der Waals surface area contributed by atoms with Crippen LogP contribution in [0, 0.1) is 11.7 Å². The van der Waals surface area contributed by atoms with Crippen LogP contribution in [-0.2, 0) is 5.75 Å². The standard InChI is InChI=1S/C27H24FN3O3S/c28-19-6-3-4-17-14-35-21-7-2-1-5-18(21)23(22(17)19)31-15-29(27-10-8-16(12-27)13-27)26(34)24-25(33)20(32)9-11-30(24)31/h1-7,9,11,16,23,33H,8,10,12-15H2/t16?,23-,27?/m1/s1. The highest BCUT2D eigenvalue weighted by molar-refractivity contribution is 7.98. The number of hydrogen-bond donors (Lipinski definition) is 1. The molecule has 1 aromatic heterocycles. The van der Waals surface area contributed by atoms with Gasteiger partial charge in [-0.1, -0.05) is 30.3 Å². The van der Waals surface area contributed by atoms with E-state index in [1.807, 2.05) is 40.2 Å². The molecule has 8 heteroatoms. The van der Waals surface area contributed by atoms with Crippen LogP contribution in [0.3, 0.4) is 0 Å². The lowest BCUT2D eigenvalue weighted by Gasteiger charge is -2.53. The van der Waals surface area contributed by atoms with E-state index in [1.54, 1.807) is 22.5 Å². The Labute approximate surface area is 205 Å². The molecule has 2 aliphatic heterocycles. The van der Waals surface area contributed by atoms with E-state index in [0.717, 1.165) is 41.7 Å². The van der Waals surface area contributed by atoms with Gasteiger partial charge in [-0.15, -0.1) is 11.8 Å². The minimum absolute atomic E-state index is 0.0410. The number of rotatable bonds is 2. The minimum atomic E-state index is -0.592. The average molecular weight is 490 g/mol. The maximum atomic E-state index is 15.6. The molecule has 0 spiro atoms. The van der Waals surface area contributed by atoms with Gasteiger partial charge in [-0.3, -0.25) is 19.3 Å². The maximum absolute atomic E-state index is 15.6. The molecule has 1 amide bonds. The van der Waals surface area contributed by atoms with Gasteiger partial charge in [0.25, 0.3) is 5.91 Å². The van der Waals surface area contributed by atoms with E-state index < -0.39 is 17.2 Å². The third-order valence-corrected chi connectivity index (χ3v) is 9.44. The Morgan fingerprint density at radius 3 is 2.69 bits per heavy atom. The molecule has 3 aromatic rings. The van der Waals surface area contributed by atoms with Crippen molar-refractivity contribution in [3.63, 3.8) is 0 Å². The SMILES string of the molecule is O=C1c2c(O)c(=O)ccn2N([C@@H]2c3ccccc3SCc3cccc(F)c32)CN1C12CCC(C1)C2. The van der Waals surface area contributed by atoms with Crippen LogP contribution in [0.15, 0.2) is 64.4 Å². The number of carbonyl (C=O) groups excluding carboxylic acids is 1. The smallest absolute Gasteiger partial charge is 0.278 e. The summed E-state index contributed by atoms with van der Waals surface area (Å²) in [6.07, 6.45) is 5.40. The van der Waals surface area contributed by atoms with Crippen LogP contribution < -0.4 is 10.4 Å². The number of aromatic hydroxyl groups is 1. The zero-order valence-corrected chi connectivity index (χ0v) is 19.8. The Balaban J connectivity index is 1.48. The first-order chi connectivity index (χ1) is 17.0. The molecule has 2 bridgehead atoms. The second-order valence-electron chi connectivity index (χ2n) is 10.1. The van der Waals surface area contributed by atoms with Crippen molar-refractivity contribution in [1.82, 2.24) is 9.58 Å². The summed E-state index contributed by atoms with van der Waals surface area (Å²) < 4.78 is 17.2. The molecule has 178 valence electrons. The van der Waals surface area contributed by atoms with Gasteiger partial charge in [0.2, 0.25) is 5.43 Å². The summed E-state index contributed by atoms with van der Waals surface area (Å²) in [5, 5.41) is 12.7. The van der Waals surface area contributed by atoms with Gasteiger partial charge in [-0.25, -0.2) is 4.39 Å². The molecular formula is C27H24FN3O3S. The van der Waals surface area contributed by atoms with E-state index in [4.69, 9.17) is 0 Å². The van der Waals surface area contributed by atoms with Gasteiger partial charge in [-0.05, 0) is 54.9 Å². The van der Waals surface area contributed by atoms with E-state index in [-0.39, 0.29) is 29.6 Å². The van der Waals surface area contributed by atoms with E-state index in [1.165, 1.54) is 18.3 Å². The second kappa shape index (κ2) is 7.37. The zero-order chi connectivity index (χ0) is 23.9. The molecule has 5 aliphatic rings. The number of aromatic nitrogens is 1. The van der Waals surface area contributed by atoms with Gasteiger partial charge in [-0.2, -0.15) is 0 Å². The molecule has 6 nitrogen and oxygen atoms in total. The fourth-order valence-electron chi connectivity index (χ4n) is 6.63. The Morgan fingerprint density at radius 2 is 1.89 bits per heavy atom. The van der Waals surface area contributed by atoms with Gasteiger partial charge >= 0.3 is 0 Å². The highest BCUT2D eigenvalue weighted by Crippen LogP contribution is 2.56. The van der Waals surface area contributed by atoms with Crippen molar-refractivity contribution in [3.8, 4) is 5.75 Å². The molecule has 8 rings (SSSR count). The lowest BCUT2D eigenvalue weighted by molar-refractivity contribution is 0.0102. The topological polar surface area (TPSA) is 65.8 Å². The van der Waals surface area contributed by atoms with Gasteiger partial charge in [0, 0.05) is 34.0 Å². The lowest BCUT2D eigenvalue weighted by Crippen LogP contribution is -2.64. The lowest BCUT2D eigenvalue weighted by atomic mass is 9.75. The van der Waals surface area contributed by atoms with Gasteiger partial charge < -0.3 is 10.0 Å². The van der Waals surface area contributed by atoms with Crippen LogP contribution in [0.4, 0.5) is 4.39 Å². The molecule has 1 N–H and O–H groups in total. The Hall–Kier alpha value is -3.26. The van der Waals surface area contributed by atoms with E-state index in [0.29, 0.717) is 17.2 Å². The van der Waals surface area contributed by atoms with Gasteiger partial charge in [0.15, 0.2) is 11.4 Å². The number of thioether (sulfide) groups is 1. The third kappa shape index (κ3) is 2.89. The number of amides is 1. The number of pyridine rings is 1. The first-order valence-electron chi connectivity index (χ1n) is 12.0. The van der Waals surface area contributed by atoms with Crippen molar-refractivity contribution in [3.05, 3.63) is 93.2 Å². The summed E-state index contributed by atoms with van der Waals surface area (Å²) in [6, 6.07) is 13.9. The molecule has 0 saturated heterocycles. The van der Waals surface area contributed by atoms with Crippen molar-refractivity contribution in [2.45, 2.75) is 47.9 Å². The van der Waals surface area contributed by atoms with Crippen molar-refractivity contribution in [2.75, 3.05) is 11.7 Å². The van der Waals surface area contributed by atoms with Crippen molar-refractivity contribution in [2.24, 2.45) is 5.92 Å². The monoisotopic (exact) mass is 489 g/mol. The van der Waals surface area contributed by atoms with E-state index in [2.05, 4.69) is 0 Å². The molecule has 3 fully saturated rings. The van der Waals surface area contributed by atoms with Crippen LogP contribution in [0.5, 0.6) is 5.75 Å². The molecule has 1 atom stereocenters. The first-order valence-corrected chi connectivity index (χ1v) is 13.0. The molecule has 3 saturated carbocycles. The number of nitrogens with zero attached hydrogens (tertiary/aromatic N) is 3. The summed E-state index contributed by atoms with van der Waals surface area (Å²) in [5.41, 5.74) is 1.51. The zero-order valence-electron chi connectivity index (χ0n) is 19.0. The van der Waals surface area contributed by atoms with Crippen LogP contribution in [0.1, 0.15) is 58.9 Å². The molecule has 0 unspecified atom stereocenters. The molecule has 2 aromatic carbocycles. The summed E-state index contributed by atoms with van der Waals surface area (Å²) in [6.45, 7) is 0.248. The summed E-state index contributed by atoms with van der Waals surface area (Å²) in [4.78, 5) is 29.1. The van der Waals surface area contributed by atoms with Crippen LogP contribution in [0.2, 0.25) is 0 Å². The van der Waals surface area contributed by atoms with Gasteiger partial charge in [0.1, 0.15) is 18.5 Å². The molecular weight excluding hydrogens is 465 g/mol. The van der Waals surface area contributed by atoms with Crippen LogP contribution in [-0.4, -0.2) is 32.8 Å². The minimum Gasteiger partial charge on any atom is -0.502 e. The summed E-state index contributed by atoms with van der Waals surface area (Å²) in [5.74, 6) is 0.0652. The van der Waals surface area contributed by atoms with Crippen molar-refractivity contribution >= 4 is 17.7 Å². The predicted octanol–water partition coefficient (Wildman–Crippen LogP) is 4.38. The maximum Gasteiger partial charge on any atom is 0.278 e. The van der Waals surface area contributed by atoms with Gasteiger partial charge in [0.05, 0.1) is 0 Å². The molecule has 3 heterocycles. The number of benzene rings is 2. The van der Waals surface area contributed by atoms with E-state index in [9.17, 15) is 14.7 Å². The van der Waals surface area contributed by atoms with Crippen LogP contribution in [0.25, 0.3) is 0 Å². The fourth-order valence-corrected chi connectivity index (χ4v) is 7.71.